The van der Waals surface area contributed by atoms with Crippen LogP contribution in [0.25, 0.3) is 0 Å². The van der Waals surface area contributed by atoms with Crippen LogP contribution in [0.3, 0.4) is 0 Å². The smallest absolute Gasteiger partial charge is 0.136 e. The number of carbonyl (C=O) groups excluding carboxylic acids is 1. The summed E-state index contributed by atoms with van der Waals surface area (Å²) in [4.78, 5) is 15.9. The number of aliphatic hydroxyl groups is 2. The minimum absolute atomic E-state index is 0.0789. The van der Waals surface area contributed by atoms with Crippen LogP contribution in [0, 0.1) is 52.8 Å². The molecule has 0 bridgehead atoms. The second-order valence-electron chi connectivity index (χ2n) is 13.2. The highest BCUT2D eigenvalue weighted by atomic mass is 16.3. The molecule has 6 rings (SSSR count). The molecule has 0 aromatic carbocycles. The van der Waals surface area contributed by atoms with Gasteiger partial charge in [0.2, 0.25) is 0 Å². The second-order valence-corrected chi connectivity index (χ2v) is 13.2. The first kappa shape index (κ1) is 21.1. The summed E-state index contributed by atoms with van der Waals surface area (Å²) in [6, 6.07) is 0.341. The number of rotatable bonds is 0. The van der Waals surface area contributed by atoms with Gasteiger partial charge < -0.3 is 10.2 Å². The molecule has 2 heterocycles. The Morgan fingerprint density at radius 2 is 1.71 bits per heavy atom. The lowest BCUT2D eigenvalue weighted by atomic mass is 9.51. The molecular weight excluding hydrogens is 386 g/mol. The summed E-state index contributed by atoms with van der Waals surface area (Å²) in [7, 11) is 0. The van der Waals surface area contributed by atoms with Gasteiger partial charge >= 0.3 is 0 Å². The number of ketones is 1. The Morgan fingerprint density at radius 1 is 0.903 bits per heavy atom. The molecule has 2 saturated heterocycles. The molecule has 6 fully saturated rings. The van der Waals surface area contributed by atoms with Crippen molar-refractivity contribution in [3.63, 3.8) is 0 Å². The monoisotopic (exact) mass is 429 g/mol. The quantitative estimate of drug-likeness (QED) is 0.613. The van der Waals surface area contributed by atoms with E-state index in [1.54, 1.807) is 0 Å². The molecule has 0 aromatic rings. The van der Waals surface area contributed by atoms with Crippen LogP contribution < -0.4 is 0 Å². The van der Waals surface area contributed by atoms with Crippen LogP contribution in [0.2, 0.25) is 0 Å². The molecule has 0 aromatic heterocycles. The number of fused-ring (bicyclic) bond motifs is 8. The maximum atomic E-state index is 13.2. The number of piperidine rings is 2. The number of nitrogens with zero attached hydrogens (tertiary/aromatic N) is 1. The molecule has 0 amide bonds. The van der Waals surface area contributed by atoms with Crippen molar-refractivity contribution in [1.82, 2.24) is 4.90 Å². The lowest BCUT2D eigenvalue weighted by molar-refractivity contribution is -0.175. The fourth-order valence-corrected chi connectivity index (χ4v) is 10.4. The van der Waals surface area contributed by atoms with Gasteiger partial charge in [0, 0.05) is 31.5 Å². The van der Waals surface area contributed by atoms with Crippen molar-refractivity contribution in [2.75, 3.05) is 13.1 Å². The zero-order valence-electron chi connectivity index (χ0n) is 19.8. The van der Waals surface area contributed by atoms with Crippen LogP contribution >= 0.6 is 0 Å². The number of aliphatic hydroxyl groups excluding tert-OH is 1. The molecule has 4 heteroatoms. The Balaban J connectivity index is 1.31. The van der Waals surface area contributed by atoms with Crippen molar-refractivity contribution in [2.45, 2.75) is 96.3 Å². The molecule has 4 saturated carbocycles. The molecule has 0 radical (unpaired) electrons. The molecule has 0 unspecified atom stereocenters. The molecule has 174 valence electrons. The van der Waals surface area contributed by atoms with Crippen molar-refractivity contribution in [2.24, 2.45) is 52.8 Å². The van der Waals surface area contributed by atoms with E-state index in [0.29, 0.717) is 53.8 Å². The van der Waals surface area contributed by atoms with E-state index in [1.807, 2.05) is 0 Å². The van der Waals surface area contributed by atoms with Gasteiger partial charge in [-0.15, -0.1) is 0 Å². The van der Waals surface area contributed by atoms with Gasteiger partial charge in [-0.1, -0.05) is 13.8 Å². The van der Waals surface area contributed by atoms with Crippen molar-refractivity contribution in [3.05, 3.63) is 0 Å². The third-order valence-electron chi connectivity index (χ3n) is 11.8. The molecule has 4 aliphatic carbocycles. The number of Topliss-reactive ketones (excluding diaryl/α,β-unsaturated/α-hetero) is 1. The normalized spacial score (nSPS) is 59.2. The van der Waals surface area contributed by atoms with Gasteiger partial charge in [-0.05, 0) is 105 Å². The van der Waals surface area contributed by atoms with Gasteiger partial charge in [0.1, 0.15) is 5.78 Å². The Morgan fingerprint density at radius 3 is 2.52 bits per heavy atom. The van der Waals surface area contributed by atoms with Crippen molar-refractivity contribution in [1.29, 1.82) is 0 Å². The van der Waals surface area contributed by atoms with E-state index < -0.39 is 5.60 Å². The van der Waals surface area contributed by atoms with E-state index in [2.05, 4.69) is 25.7 Å². The van der Waals surface area contributed by atoms with E-state index in [1.165, 1.54) is 25.8 Å². The summed E-state index contributed by atoms with van der Waals surface area (Å²) in [5.41, 5.74) is -0.482. The summed E-state index contributed by atoms with van der Waals surface area (Å²) in [5, 5.41) is 22.1. The predicted molar refractivity (Wildman–Crippen MR) is 120 cm³/mol. The summed E-state index contributed by atoms with van der Waals surface area (Å²) >= 11 is 0. The first-order valence-electron chi connectivity index (χ1n) is 13.4. The maximum Gasteiger partial charge on any atom is 0.136 e. The number of carbonyl (C=O) groups is 1. The van der Waals surface area contributed by atoms with Gasteiger partial charge in [0.15, 0.2) is 0 Å². The molecule has 12 atom stereocenters. The summed E-state index contributed by atoms with van der Waals surface area (Å²) in [5.74, 6) is 4.82. The minimum Gasteiger partial charge on any atom is -0.393 e. The molecule has 4 nitrogen and oxygen atoms in total. The molecule has 6 aliphatic rings. The number of hydrogen-bond donors (Lipinski definition) is 2. The molecule has 31 heavy (non-hydrogen) atoms. The standard InChI is InChI=1S/C27H43NO3/c1-15-4-7-25-27(3,31)21-6-5-17-18(20(21)14-28(25)13-15)11-22-19(17)12-24(30)23-10-16(29)8-9-26(22,23)2/h15-23,25,29,31H,4-14H2,1-3H3/t15-,16+,17-,18+,19+,20-,21+,22+,23+,25-,26+,27+/m1/s1. The Hall–Kier alpha value is -0.450. The van der Waals surface area contributed by atoms with E-state index in [-0.39, 0.29) is 17.4 Å². The average Bonchev–Trinajstić information content (AvgIpc) is 3.09. The second kappa shape index (κ2) is 7.03. The van der Waals surface area contributed by atoms with Crippen molar-refractivity contribution < 1.29 is 15.0 Å². The van der Waals surface area contributed by atoms with Crippen LogP contribution in [0.15, 0.2) is 0 Å². The van der Waals surface area contributed by atoms with Crippen LogP contribution in [0.5, 0.6) is 0 Å². The summed E-state index contributed by atoms with van der Waals surface area (Å²) in [6.45, 7) is 9.23. The first-order chi connectivity index (χ1) is 14.7. The summed E-state index contributed by atoms with van der Waals surface area (Å²) < 4.78 is 0. The van der Waals surface area contributed by atoms with Crippen molar-refractivity contribution >= 4 is 5.78 Å². The SMILES string of the molecule is C[C@@H]1CC[C@H]2N(C1)C[C@@H]1[C@H]3C[C@H]4[C@@H](CC(=O)[C@@H]5C[C@@H](O)CC[C@]54C)[C@@H]3CC[C@@H]1[C@]2(C)O. The average molecular weight is 430 g/mol. The fourth-order valence-electron chi connectivity index (χ4n) is 10.4. The third-order valence-corrected chi connectivity index (χ3v) is 11.8. The van der Waals surface area contributed by atoms with Crippen molar-refractivity contribution in [3.8, 4) is 0 Å². The van der Waals surface area contributed by atoms with Gasteiger partial charge in [-0.25, -0.2) is 0 Å². The Labute approximate surface area is 188 Å². The number of hydrogen-bond acceptors (Lipinski definition) is 4. The van der Waals surface area contributed by atoms with Gasteiger partial charge in [-0.3, -0.25) is 9.69 Å². The first-order valence-corrected chi connectivity index (χ1v) is 13.4. The van der Waals surface area contributed by atoms with Gasteiger partial charge in [0.05, 0.1) is 11.7 Å². The fraction of sp³-hybridized carbons (Fsp3) is 0.963. The largest absolute Gasteiger partial charge is 0.393 e. The highest BCUT2D eigenvalue weighted by Gasteiger charge is 2.64. The molecule has 2 aliphatic heterocycles. The lowest BCUT2D eigenvalue weighted by Crippen LogP contribution is -2.67. The van der Waals surface area contributed by atoms with Crippen LogP contribution in [0.4, 0.5) is 0 Å². The highest BCUT2D eigenvalue weighted by molar-refractivity contribution is 5.83. The lowest BCUT2D eigenvalue weighted by Gasteiger charge is -2.59. The topological polar surface area (TPSA) is 60.8 Å². The van der Waals surface area contributed by atoms with E-state index in [0.717, 1.165) is 44.6 Å². The zero-order valence-corrected chi connectivity index (χ0v) is 19.8. The van der Waals surface area contributed by atoms with Crippen LogP contribution in [-0.4, -0.2) is 51.7 Å². The Bertz CT molecular complexity index is 751. The minimum atomic E-state index is -0.570. The van der Waals surface area contributed by atoms with E-state index >= 15 is 0 Å². The zero-order chi connectivity index (χ0) is 21.7. The van der Waals surface area contributed by atoms with Gasteiger partial charge in [0.25, 0.3) is 0 Å². The third kappa shape index (κ3) is 2.93. The van der Waals surface area contributed by atoms with Crippen LogP contribution in [0.1, 0.15) is 78.6 Å². The van der Waals surface area contributed by atoms with Gasteiger partial charge in [-0.2, -0.15) is 0 Å². The molecular formula is C27H43NO3. The van der Waals surface area contributed by atoms with E-state index in [9.17, 15) is 15.0 Å². The maximum absolute atomic E-state index is 13.2. The predicted octanol–water partition coefficient (Wildman–Crippen LogP) is 3.89. The van der Waals surface area contributed by atoms with E-state index in [4.69, 9.17) is 0 Å². The molecule has 2 N–H and O–H groups in total. The summed E-state index contributed by atoms with van der Waals surface area (Å²) in [6.07, 6.45) is 9.08. The molecule has 0 spiro atoms. The Kier molecular flexibility index (Phi) is 4.78. The van der Waals surface area contributed by atoms with Crippen LogP contribution in [-0.2, 0) is 4.79 Å². The highest BCUT2D eigenvalue weighted by Crippen LogP contribution is 2.66.